The van der Waals surface area contributed by atoms with Crippen LogP contribution in [-0.4, -0.2) is 24.2 Å². The van der Waals surface area contributed by atoms with Crippen molar-refractivity contribution >= 4 is 5.91 Å². The number of rotatable bonds is 5. The highest BCUT2D eigenvalue weighted by molar-refractivity contribution is 5.83. The van der Waals surface area contributed by atoms with Crippen LogP contribution in [0.25, 0.3) is 0 Å². The van der Waals surface area contributed by atoms with Crippen LogP contribution in [0.1, 0.15) is 44.2 Å². The Bertz CT molecular complexity index is 453. The molecule has 0 radical (unpaired) electrons. The molecule has 4 N–H and O–H groups in total. The molecule has 1 saturated carbocycles. The van der Waals surface area contributed by atoms with E-state index in [1.807, 2.05) is 30.3 Å². The van der Waals surface area contributed by atoms with Crippen molar-refractivity contribution in [1.29, 1.82) is 0 Å². The maximum absolute atomic E-state index is 12.7. The number of hydrogen-bond acceptors (Lipinski definition) is 3. The van der Waals surface area contributed by atoms with Gasteiger partial charge in [-0.15, -0.1) is 0 Å². The van der Waals surface area contributed by atoms with Crippen LogP contribution in [0.4, 0.5) is 0 Å². The first kappa shape index (κ1) is 16.0. The van der Waals surface area contributed by atoms with Crippen molar-refractivity contribution in [2.45, 2.75) is 38.6 Å². The van der Waals surface area contributed by atoms with Crippen molar-refractivity contribution in [3.63, 3.8) is 0 Å². The molecule has 1 amide bonds. The van der Waals surface area contributed by atoms with Gasteiger partial charge >= 0.3 is 0 Å². The minimum atomic E-state index is -0.464. The summed E-state index contributed by atoms with van der Waals surface area (Å²) in [5, 5.41) is 12.6. The van der Waals surface area contributed by atoms with E-state index >= 15 is 0 Å². The van der Waals surface area contributed by atoms with Crippen LogP contribution < -0.4 is 11.1 Å². The molecule has 116 valence electrons. The third kappa shape index (κ3) is 3.63. The van der Waals surface area contributed by atoms with Gasteiger partial charge in [0, 0.05) is 6.54 Å². The molecule has 0 saturated heterocycles. The SMILES string of the molecule is CC1CCC(CN)(C(=O)N[C@H](CO)c2ccccc2)CC1. The number of nitrogens with one attached hydrogen (secondary N) is 1. The summed E-state index contributed by atoms with van der Waals surface area (Å²) < 4.78 is 0. The lowest BCUT2D eigenvalue weighted by Crippen LogP contribution is -2.49. The van der Waals surface area contributed by atoms with Crippen LogP contribution in [0.15, 0.2) is 30.3 Å². The van der Waals surface area contributed by atoms with Crippen molar-refractivity contribution in [3.8, 4) is 0 Å². The van der Waals surface area contributed by atoms with E-state index in [-0.39, 0.29) is 18.6 Å². The molecule has 0 unspecified atom stereocenters. The fraction of sp³-hybridized carbons (Fsp3) is 0.588. The Hall–Kier alpha value is -1.39. The molecule has 0 heterocycles. The van der Waals surface area contributed by atoms with Gasteiger partial charge in [0.1, 0.15) is 0 Å². The number of aliphatic hydroxyl groups excluding tert-OH is 1. The summed E-state index contributed by atoms with van der Waals surface area (Å²) in [7, 11) is 0. The number of hydrogen-bond donors (Lipinski definition) is 3. The molecule has 0 spiro atoms. The number of amides is 1. The predicted octanol–water partition coefficient (Wildman–Crippen LogP) is 1.99. The summed E-state index contributed by atoms with van der Waals surface area (Å²) in [6.45, 7) is 2.49. The number of carbonyl (C=O) groups is 1. The molecule has 1 aromatic rings. The van der Waals surface area contributed by atoms with Crippen LogP contribution in [0.5, 0.6) is 0 Å². The van der Waals surface area contributed by atoms with Crippen molar-refractivity contribution in [3.05, 3.63) is 35.9 Å². The zero-order chi connectivity index (χ0) is 15.3. The van der Waals surface area contributed by atoms with Gasteiger partial charge < -0.3 is 16.2 Å². The average Bonchev–Trinajstić information content (AvgIpc) is 2.54. The van der Waals surface area contributed by atoms with E-state index < -0.39 is 5.41 Å². The first-order valence-electron chi connectivity index (χ1n) is 7.78. The molecular formula is C17H26N2O2. The highest BCUT2D eigenvalue weighted by Gasteiger charge is 2.40. The number of nitrogens with two attached hydrogens (primary N) is 1. The monoisotopic (exact) mass is 290 g/mol. The molecular weight excluding hydrogens is 264 g/mol. The van der Waals surface area contributed by atoms with Gasteiger partial charge in [-0.1, -0.05) is 37.3 Å². The van der Waals surface area contributed by atoms with Gasteiger partial charge in [0.05, 0.1) is 18.1 Å². The molecule has 1 atom stereocenters. The summed E-state index contributed by atoms with van der Waals surface area (Å²) in [5.74, 6) is 0.653. The van der Waals surface area contributed by atoms with Gasteiger partial charge in [0.2, 0.25) is 5.91 Å². The maximum atomic E-state index is 12.7. The van der Waals surface area contributed by atoms with E-state index in [0.29, 0.717) is 12.5 Å². The van der Waals surface area contributed by atoms with Crippen molar-refractivity contribution in [2.24, 2.45) is 17.1 Å². The molecule has 4 nitrogen and oxygen atoms in total. The zero-order valence-electron chi connectivity index (χ0n) is 12.7. The highest BCUT2D eigenvalue weighted by Crippen LogP contribution is 2.38. The smallest absolute Gasteiger partial charge is 0.228 e. The topological polar surface area (TPSA) is 75.4 Å². The Morgan fingerprint density at radius 2 is 2.00 bits per heavy atom. The average molecular weight is 290 g/mol. The van der Waals surface area contributed by atoms with Gasteiger partial charge in [0.25, 0.3) is 0 Å². The van der Waals surface area contributed by atoms with Crippen LogP contribution in [0.2, 0.25) is 0 Å². The standard InChI is InChI=1S/C17H26N2O2/c1-13-7-9-17(12-18,10-8-13)16(21)19-15(11-20)14-5-3-2-4-6-14/h2-6,13,15,20H,7-12,18H2,1H3,(H,19,21)/t13?,15-,17?/m1/s1. The Balaban J connectivity index is 2.08. The fourth-order valence-electron chi connectivity index (χ4n) is 3.07. The summed E-state index contributed by atoms with van der Waals surface area (Å²) in [4.78, 5) is 12.7. The minimum Gasteiger partial charge on any atom is -0.394 e. The lowest BCUT2D eigenvalue weighted by Gasteiger charge is -2.38. The van der Waals surface area contributed by atoms with Crippen LogP contribution in [0.3, 0.4) is 0 Å². The lowest BCUT2D eigenvalue weighted by molar-refractivity contribution is -0.134. The quantitative estimate of drug-likeness (QED) is 0.776. The van der Waals surface area contributed by atoms with E-state index in [1.165, 1.54) is 0 Å². The third-order valence-electron chi connectivity index (χ3n) is 4.79. The number of carbonyl (C=O) groups excluding carboxylic acids is 1. The number of aliphatic hydroxyl groups is 1. The first-order chi connectivity index (χ1) is 10.1. The molecule has 21 heavy (non-hydrogen) atoms. The molecule has 1 fully saturated rings. The van der Waals surface area contributed by atoms with Gasteiger partial charge in [-0.3, -0.25) is 4.79 Å². The van der Waals surface area contributed by atoms with E-state index in [1.54, 1.807) is 0 Å². The lowest BCUT2D eigenvalue weighted by atomic mass is 9.70. The summed E-state index contributed by atoms with van der Waals surface area (Å²) in [6, 6.07) is 9.21. The maximum Gasteiger partial charge on any atom is 0.228 e. The molecule has 4 heteroatoms. The second-order valence-corrected chi connectivity index (χ2v) is 6.29. The zero-order valence-corrected chi connectivity index (χ0v) is 12.7. The van der Waals surface area contributed by atoms with Gasteiger partial charge in [-0.25, -0.2) is 0 Å². The second-order valence-electron chi connectivity index (χ2n) is 6.29. The van der Waals surface area contributed by atoms with E-state index in [4.69, 9.17) is 5.73 Å². The molecule has 0 aromatic heterocycles. The predicted molar refractivity (Wildman–Crippen MR) is 83.5 cm³/mol. The van der Waals surface area contributed by atoms with E-state index in [0.717, 1.165) is 31.2 Å². The van der Waals surface area contributed by atoms with E-state index in [2.05, 4.69) is 12.2 Å². The van der Waals surface area contributed by atoms with E-state index in [9.17, 15) is 9.90 Å². The van der Waals surface area contributed by atoms with Crippen LogP contribution in [-0.2, 0) is 4.79 Å². The van der Waals surface area contributed by atoms with Crippen LogP contribution in [0, 0.1) is 11.3 Å². The molecule has 0 bridgehead atoms. The Morgan fingerprint density at radius 1 is 1.38 bits per heavy atom. The molecule has 1 aromatic carbocycles. The molecule has 1 aliphatic rings. The largest absolute Gasteiger partial charge is 0.394 e. The second kappa shape index (κ2) is 7.05. The van der Waals surface area contributed by atoms with Gasteiger partial charge in [-0.2, -0.15) is 0 Å². The van der Waals surface area contributed by atoms with Crippen molar-refractivity contribution in [2.75, 3.05) is 13.2 Å². The Morgan fingerprint density at radius 3 is 2.52 bits per heavy atom. The number of benzene rings is 1. The Labute approximate surface area is 126 Å². The van der Waals surface area contributed by atoms with Crippen molar-refractivity contribution in [1.82, 2.24) is 5.32 Å². The normalized spacial score (nSPS) is 27.1. The Kier molecular flexibility index (Phi) is 5.37. The summed E-state index contributed by atoms with van der Waals surface area (Å²) in [6.07, 6.45) is 3.76. The third-order valence-corrected chi connectivity index (χ3v) is 4.79. The molecule has 2 rings (SSSR count). The van der Waals surface area contributed by atoms with Gasteiger partial charge in [0.15, 0.2) is 0 Å². The van der Waals surface area contributed by atoms with Crippen molar-refractivity contribution < 1.29 is 9.90 Å². The fourth-order valence-corrected chi connectivity index (χ4v) is 3.07. The summed E-state index contributed by atoms with van der Waals surface area (Å²) >= 11 is 0. The first-order valence-corrected chi connectivity index (χ1v) is 7.78. The molecule has 0 aliphatic heterocycles. The van der Waals surface area contributed by atoms with Gasteiger partial charge in [-0.05, 0) is 37.2 Å². The molecule has 1 aliphatic carbocycles. The highest BCUT2D eigenvalue weighted by atomic mass is 16.3. The summed E-state index contributed by atoms with van der Waals surface area (Å²) in [5.41, 5.74) is 6.37. The van der Waals surface area contributed by atoms with Crippen LogP contribution >= 0.6 is 0 Å². The minimum absolute atomic E-state index is 0.0141.